The van der Waals surface area contributed by atoms with Crippen LogP contribution in [0.2, 0.25) is 0 Å². The molecular formula is C12H21N3O3. The fourth-order valence-electron chi connectivity index (χ4n) is 1.79. The van der Waals surface area contributed by atoms with Gasteiger partial charge in [0, 0.05) is 25.7 Å². The molecule has 102 valence electrons. The molecule has 1 rings (SSSR count). The van der Waals surface area contributed by atoms with Crippen LogP contribution in [-0.2, 0) is 13.6 Å². The minimum atomic E-state index is -0.972. The second-order valence-corrected chi connectivity index (χ2v) is 4.68. The van der Waals surface area contributed by atoms with Crippen molar-refractivity contribution in [2.75, 3.05) is 6.61 Å². The van der Waals surface area contributed by atoms with Crippen LogP contribution >= 0.6 is 0 Å². The predicted octanol–water partition coefficient (Wildman–Crippen LogP) is 0.759. The molecule has 1 aromatic heterocycles. The smallest absolute Gasteiger partial charge is 0.339 e. The standard InChI is InChI=1S/C12H21N3O3/c1-4-12(2,5-6-16)13-8-10-9(11(17)18)7-14-15(10)3/h7,13,16H,4-6,8H2,1-3H3,(H,17,18). The van der Waals surface area contributed by atoms with E-state index in [1.54, 1.807) is 11.7 Å². The topological polar surface area (TPSA) is 87.4 Å². The monoisotopic (exact) mass is 255 g/mol. The van der Waals surface area contributed by atoms with E-state index in [-0.39, 0.29) is 17.7 Å². The highest BCUT2D eigenvalue weighted by atomic mass is 16.4. The summed E-state index contributed by atoms with van der Waals surface area (Å²) < 4.78 is 1.56. The lowest BCUT2D eigenvalue weighted by Crippen LogP contribution is -2.42. The van der Waals surface area contributed by atoms with Gasteiger partial charge in [-0.1, -0.05) is 6.92 Å². The van der Waals surface area contributed by atoms with E-state index in [4.69, 9.17) is 10.2 Å². The Morgan fingerprint density at radius 2 is 2.28 bits per heavy atom. The lowest BCUT2D eigenvalue weighted by molar-refractivity contribution is 0.0695. The highest BCUT2D eigenvalue weighted by molar-refractivity contribution is 5.88. The minimum Gasteiger partial charge on any atom is -0.478 e. The summed E-state index contributed by atoms with van der Waals surface area (Å²) in [5.74, 6) is -0.972. The first-order valence-corrected chi connectivity index (χ1v) is 6.03. The van der Waals surface area contributed by atoms with Crippen LogP contribution in [0, 0.1) is 0 Å². The Balaban J connectivity index is 2.79. The summed E-state index contributed by atoms with van der Waals surface area (Å²) in [6.45, 7) is 4.57. The molecule has 1 unspecified atom stereocenters. The minimum absolute atomic E-state index is 0.106. The zero-order valence-corrected chi connectivity index (χ0v) is 11.1. The lowest BCUT2D eigenvalue weighted by atomic mass is 9.95. The van der Waals surface area contributed by atoms with E-state index >= 15 is 0 Å². The molecule has 1 atom stereocenters. The Hall–Kier alpha value is -1.40. The van der Waals surface area contributed by atoms with Crippen molar-refractivity contribution in [2.45, 2.75) is 38.8 Å². The molecule has 6 nitrogen and oxygen atoms in total. The lowest BCUT2D eigenvalue weighted by Gasteiger charge is -2.29. The Bertz CT molecular complexity index is 417. The largest absolute Gasteiger partial charge is 0.478 e. The average molecular weight is 255 g/mol. The van der Waals surface area contributed by atoms with Crippen LogP contribution in [-0.4, -0.2) is 38.1 Å². The summed E-state index contributed by atoms with van der Waals surface area (Å²) in [4.78, 5) is 11.0. The van der Waals surface area contributed by atoms with E-state index in [1.807, 2.05) is 13.8 Å². The average Bonchev–Trinajstić information content (AvgIpc) is 2.69. The maximum atomic E-state index is 11.0. The molecule has 6 heteroatoms. The van der Waals surface area contributed by atoms with Gasteiger partial charge in [-0.25, -0.2) is 4.79 Å². The number of aromatic carboxylic acids is 1. The van der Waals surface area contributed by atoms with Gasteiger partial charge in [0.2, 0.25) is 0 Å². The summed E-state index contributed by atoms with van der Waals surface area (Å²) in [6.07, 6.45) is 2.84. The summed E-state index contributed by atoms with van der Waals surface area (Å²) in [5.41, 5.74) is 0.655. The Morgan fingerprint density at radius 3 is 2.78 bits per heavy atom. The predicted molar refractivity (Wildman–Crippen MR) is 67.4 cm³/mol. The van der Waals surface area contributed by atoms with Crippen molar-refractivity contribution in [3.63, 3.8) is 0 Å². The highest BCUT2D eigenvalue weighted by Gasteiger charge is 2.23. The van der Waals surface area contributed by atoms with E-state index in [1.165, 1.54) is 6.20 Å². The molecule has 0 spiro atoms. The van der Waals surface area contributed by atoms with Gasteiger partial charge in [0.05, 0.1) is 11.9 Å². The van der Waals surface area contributed by atoms with Gasteiger partial charge in [-0.05, 0) is 19.8 Å². The first-order valence-electron chi connectivity index (χ1n) is 6.03. The van der Waals surface area contributed by atoms with E-state index in [2.05, 4.69) is 10.4 Å². The quantitative estimate of drug-likeness (QED) is 0.669. The number of carboxylic acids is 1. The highest BCUT2D eigenvalue weighted by Crippen LogP contribution is 2.16. The summed E-state index contributed by atoms with van der Waals surface area (Å²) in [7, 11) is 1.72. The molecule has 0 aliphatic heterocycles. The van der Waals surface area contributed by atoms with Gasteiger partial charge in [0.25, 0.3) is 0 Å². The third-order valence-corrected chi connectivity index (χ3v) is 3.42. The number of nitrogens with zero attached hydrogens (tertiary/aromatic N) is 2. The molecule has 0 fully saturated rings. The molecule has 0 aliphatic rings. The van der Waals surface area contributed by atoms with E-state index in [0.29, 0.717) is 18.7 Å². The first kappa shape index (κ1) is 14.7. The number of hydrogen-bond donors (Lipinski definition) is 3. The maximum Gasteiger partial charge on any atom is 0.339 e. The molecule has 0 saturated heterocycles. The first-order chi connectivity index (χ1) is 8.43. The molecule has 0 bridgehead atoms. The van der Waals surface area contributed by atoms with Crippen molar-refractivity contribution in [2.24, 2.45) is 7.05 Å². The maximum absolute atomic E-state index is 11.0. The fourth-order valence-corrected chi connectivity index (χ4v) is 1.79. The number of nitrogens with one attached hydrogen (secondary N) is 1. The van der Waals surface area contributed by atoms with Crippen molar-refractivity contribution < 1.29 is 15.0 Å². The molecule has 3 N–H and O–H groups in total. The number of aliphatic hydroxyl groups excluding tert-OH is 1. The van der Waals surface area contributed by atoms with Crippen LogP contribution in [0.4, 0.5) is 0 Å². The van der Waals surface area contributed by atoms with Gasteiger partial charge in [0.15, 0.2) is 0 Å². The van der Waals surface area contributed by atoms with Crippen molar-refractivity contribution in [1.82, 2.24) is 15.1 Å². The summed E-state index contributed by atoms with van der Waals surface area (Å²) in [6, 6.07) is 0. The number of carboxylic acid groups (broad SMARTS) is 1. The third kappa shape index (κ3) is 3.30. The van der Waals surface area contributed by atoms with Crippen LogP contribution in [0.25, 0.3) is 0 Å². The van der Waals surface area contributed by atoms with Gasteiger partial charge in [-0.3, -0.25) is 4.68 Å². The van der Waals surface area contributed by atoms with Crippen molar-refractivity contribution in [1.29, 1.82) is 0 Å². The molecule has 0 radical (unpaired) electrons. The number of aliphatic hydroxyl groups is 1. The normalized spacial score (nSPS) is 14.4. The number of hydrogen-bond acceptors (Lipinski definition) is 4. The molecule has 1 aromatic rings. The summed E-state index contributed by atoms with van der Waals surface area (Å²) >= 11 is 0. The summed E-state index contributed by atoms with van der Waals surface area (Å²) in [5, 5.41) is 25.3. The molecular weight excluding hydrogens is 234 g/mol. The van der Waals surface area contributed by atoms with Crippen LogP contribution in [0.3, 0.4) is 0 Å². The second-order valence-electron chi connectivity index (χ2n) is 4.68. The second kappa shape index (κ2) is 5.97. The van der Waals surface area contributed by atoms with Crippen molar-refractivity contribution in [3.8, 4) is 0 Å². The van der Waals surface area contributed by atoms with Crippen molar-refractivity contribution >= 4 is 5.97 Å². The van der Waals surface area contributed by atoms with Crippen LogP contribution in [0.1, 0.15) is 42.7 Å². The molecule has 18 heavy (non-hydrogen) atoms. The van der Waals surface area contributed by atoms with E-state index < -0.39 is 5.97 Å². The number of rotatable bonds is 7. The van der Waals surface area contributed by atoms with E-state index in [0.717, 1.165) is 6.42 Å². The Labute approximate surface area is 107 Å². The van der Waals surface area contributed by atoms with Gasteiger partial charge >= 0.3 is 5.97 Å². The van der Waals surface area contributed by atoms with Gasteiger partial charge < -0.3 is 15.5 Å². The van der Waals surface area contributed by atoms with E-state index in [9.17, 15) is 4.79 Å². The third-order valence-electron chi connectivity index (χ3n) is 3.42. The van der Waals surface area contributed by atoms with Crippen LogP contribution in [0.5, 0.6) is 0 Å². The zero-order valence-electron chi connectivity index (χ0n) is 11.1. The molecule has 0 aliphatic carbocycles. The van der Waals surface area contributed by atoms with Gasteiger partial charge in [-0.2, -0.15) is 5.10 Å². The molecule has 1 heterocycles. The zero-order chi connectivity index (χ0) is 13.8. The Morgan fingerprint density at radius 1 is 1.61 bits per heavy atom. The van der Waals surface area contributed by atoms with Crippen LogP contribution in [0.15, 0.2) is 6.20 Å². The Kier molecular flexibility index (Phi) is 4.86. The van der Waals surface area contributed by atoms with Gasteiger partial charge in [-0.15, -0.1) is 0 Å². The van der Waals surface area contributed by atoms with Crippen molar-refractivity contribution in [3.05, 3.63) is 17.5 Å². The number of aryl methyl sites for hydroxylation is 1. The van der Waals surface area contributed by atoms with Gasteiger partial charge in [0.1, 0.15) is 5.56 Å². The number of carbonyl (C=O) groups is 1. The fraction of sp³-hybridized carbons (Fsp3) is 0.667. The molecule has 0 saturated carbocycles. The molecule has 0 amide bonds. The molecule has 0 aromatic carbocycles. The van der Waals surface area contributed by atoms with Crippen LogP contribution < -0.4 is 5.32 Å². The SMILES string of the molecule is CCC(C)(CCO)NCc1c(C(=O)O)cnn1C. The number of aromatic nitrogens is 2.